The highest BCUT2D eigenvalue weighted by Gasteiger charge is 2.13. The maximum atomic E-state index is 12.5. The molecule has 3 N–H and O–H groups in total. The minimum absolute atomic E-state index is 0.000501. The normalized spacial score (nSPS) is 11.7. The molecule has 6 nitrogen and oxygen atoms in total. The molecule has 150 valence electrons. The third-order valence-corrected chi connectivity index (χ3v) is 4.65. The Bertz CT molecular complexity index is 1030. The second-order valence-electron chi connectivity index (χ2n) is 6.82. The number of hydrogen-bond donors (Lipinski definition) is 3. The Morgan fingerprint density at radius 1 is 1.00 bits per heavy atom. The number of rotatable bonds is 7. The van der Waals surface area contributed by atoms with Gasteiger partial charge in [0.05, 0.1) is 19.3 Å². The summed E-state index contributed by atoms with van der Waals surface area (Å²) in [4.78, 5) is 23.8. The summed E-state index contributed by atoms with van der Waals surface area (Å²) in [7, 11) is 1.53. The zero-order chi connectivity index (χ0) is 20.8. The summed E-state index contributed by atoms with van der Waals surface area (Å²) in [5, 5.41) is 11.1. The van der Waals surface area contributed by atoms with Crippen LogP contribution < -0.4 is 20.7 Å². The molecule has 0 aliphatic rings. The van der Waals surface area contributed by atoms with Crippen molar-refractivity contribution < 1.29 is 14.3 Å². The van der Waals surface area contributed by atoms with Crippen molar-refractivity contribution in [1.29, 1.82) is 0 Å². The maximum Gasteiger partial charge on any atom is 0.238 e. The first-order chi connectivity index (χ1) is 14.0. The average Bonchev–Trinajstić information content (AvgIpc) is 2.71. The van der Waals surface area contributed by atoms with Crippen molar-refractivity contribution in [1.82, 2.24) is 5.32 Å². The Balaban J connectivity index is 1.67. The van der Waals surface area contributed by atoms with E-state index in [1.165, 1.54) is 24.8 Å². The quantitative estimate of drug-likeness (QED) is 0.567. The van der Waals surface area contributed by atoms with Crippen molar-refractivity contribution in [2.24, 2.45) is 0 Å². The molecule has 3 aromatic rings. The molecule has 0 aliphatic heterocycles. The first kappa shape index (κ1) is 20.4. The molecular formula is C23H25N3O3. The Kier molecular flexibility index (Phi) is 6.46. The molecule has 3 aromatic carbocycles. The van der Waals surface area contributed by atoms with Crippen molar-refractivity contribution in [3.8, 4) is 5.75 Å². The lowest BCUT2D eigenvalue weighted by Crippen LogP contribution is -2.30. The summed E-state index contributed by atoms with van der Waals surface area (Å²) < 4.78 is 5.30. The number of ether oxygens (including phenoxy) is 1. The zero-order valence-electron chi connectivity index (χ0n) is 16.8. The van der Waals surface area contributed by atoms with E-state index >= 15 is 0 Å². The number of fused-ring (bicyclic) bond motifs is 1. The van der Waals surface area contributed by atoms with Gasteiger partial charge in [-0.15, -0.1) is 0 Å². The highest BCUT2D eigenvalue weighted by Crippen LogP contribution is 2.28. The molecule has 0 spiro atoms. The van der Waals surface area contributed by atoms with E-state index in [2.05, 4.69) is 40.2 Å². The Morgan fingerprint density at radius 2 is 1.76 bits per heavy atom. The SMILES string of the molecule is COc1ccc(NC(C)=O)cc1NC(=O)CN[C@@H](C)c1cccc2ccccc12. The molecule has 3 rings (SSSR count). The van der Waals surface area contributed by atoms with Crippen LogP contribution in [-0.4, -0.2) is 25.5 Å². The summed E-state index contributed by atoms with van der Waals surface area (Å²) in [5.41, 5.74) is 2.23. The molecule has 0 aliphatic carbocycles. The first-order valence-corrected chi connectivity index (χ1v) is 9.44. The number of nitrogens with one attached hydrogen (secondary N) is 3. The van der Waals surface area contributed by atoms with E-state index in [0.717, 1.165) is 5.56 Å². The molecule has 0 heterocycles. The first-order valence-electron chi connectivity index (χ1n) is 9.44. The van der Waals surface area contributed by atoms with E-state index in [1.807, 2.05) is 25.1 Å². The van der Waals surface area contributed by atoms with Crippen LogP contribution in [0, 0.1) is 0 Å². The van der Waals surface area contributed by atoms with Crippen LogP contribution in [0.25, 0.3) is 10.8 Å². The van der Waals surface area contributed by atoms with Gasteiger partial charge in [0.15, 0.2) is 0 Å². The van der Waals surface area contributed by atoms with Crippen LogP contribution in [0.5, 0.6) is 5.75 Å². The Morgan fingerprint density at radius 3 is 2.52 bits per heavy atom. The average molecular weight is 391 g/mol. The number of carbonyl (C=O) groups is 2. The van der Waals surface area contributed by atoms with Gasteiger partial charge in [-0.3, -0.25) is 9.59 Å². The van der Waals surface area contributed by atoms with Crippen molar-refractivity contribution in [3.05, 3.63) is 66.2 Å². The fourth-order valence-corrected chi connectivity index (χ4v) is 3.26. The fourth-order valence-electron chi connectivity index (χ4n) is 3.26. The van der Waals surface area contributed by atoms with E-state index in [9.17, 15) is 9.59 Å². The fraction of sp³-hybridized carbons (Fsp3) is 0.217. The Labute approximate surface area is 170 Å². The third kappa shape index (κ3) is 5.12. The summed E-state index contributed by atoms with van der Waals surface area (Å²) in [6.45, 7) is 3.60. The molecule has 1 atom stereocenters. The zero-order valence-corrected chi connectivity index (χ0v) is 16.8. The van der Waals surface area contributed by atoms with E-state index in [-0.39, 0.29) is 24.4 Å². The number of benzene rings is 3. The lowest BCUT2D eigenvalue weighted by Gasteiger charge is -2.17. The van der Waals surface area contributed by atoms with Gasteiger partial charge in [-0.1, -0.05) is 42.5 Å². The highest BCUT2D eigenvalue weighted by atomic mass is 16.5. The van der Waals surface area contributed by atoms with Gasteiger partial charge in [-0.05, 0) is 41.5 Å². The van der Waals surface area contributed by atoms with Crippen molar-refractivity contribution in [3.63, 3.8) is 0 Å². The van der Waals surface area contributed by atoms with Crippen LogP contribution in [-0.2, 0) is 9.59 Å². The van der Waals surface area contributed by atoms with Crippen LogP contribution in [0.1, 0.15) is 25.5 Å². The minimum Gasteiger partial charge on any atom is -0.495 e. The number of carbonyl (C=O) groups excluding carboxylic acids is 2. The van der Waals surface area contributed by atoms with Crippen molar-refractivity contribution >= 4 is 34.0 Å². The predicted molar refractivity (Wildman–Crippen MR) is 116 cm³/mol. The van der Waals surface area contributed by atoms with Gasteiger partial charge < -0.3 is 20.7 Å². The van der Waals surface area contributed by atoms with Gasteiger partial charge in [-0.25, -0.2) is 0 Å². The highest BCUT2D eigenvalue weighted by molar-refractivity contribution is 5.96. The molecular weight excluding hydrogens is 366 g/mol. The molecule has 29 heavy (non-hydrogen) atoms. The van der Waals surface area contributed by atoms with Crippen LogP contribution >= 0.6 is 0 Å². The number of anilines is 2. The number of hydrogen-bond acceptors (Lipinski definition) is 4. The molecule has 6 heteroatoms. The summed E-state index contributed by atoms with van der Waals surface area (Å²) >= 11 is 0. The van der Waals surface area contributed by atoms with E-state index in [1.54, 1.807) is 18.2 Å². The van der Waals surface area contributed by atoms with Gasteiger partial charge in [-0.2, -0.15) is 0 Å². The lowest BCUT2D eigenvalue weighted by atomic mass is 10.00. The lowest BCUT2D eigenvalue weighted by molar-refractivity contribution is -0.115. The van der Waals surface area contributed by atoms with Gasteiger partial charge >= 0.3 is 0 Å². The Hall–Kier alpha value is -3.38. The van der Waals surface area contributed by atoms with Crippen LogP contribution in [0.15, 0.2) is 60.7 Å². The van der Waals surface area contributed by atoms with Gasteiger partial charge in [0.1, 0.15) is 5.75 Å². The molecule has 2 amide bonds. The topological polar surface area (TPSA) is 79.5 Å². The second kappa shape index (κ2) is 9.21. The molecule has 0 aromatic heterocycles. The second-order valence-corrected chi connectivity index (χ2v) is 6.82. The van der Waals surface area contributed by atoms with E-state index in [0.29, 0.717) is 17.1 Å². The molecule has 0 saturated carbocycles. The summed E-state index contributed by atoms with van der Waals surface area (Å²) in [6, 6.07) is 19.4. The summed E-state index contributed by atoms with van der Waals surface area (Å²) in [5.74, 6) is 0.142. The molecule has 0 fully saturated rings. The monoisotopic (exact) mass is 391 g/mol. The summed E-state index contributed by atoms with van der Waals surface area (Å²) in [6.07, 6.45) is 0. The van der Waals surface area contributed by atoms with E-state index in [4.69, 9.17) is 4.74 Å². The number of methoxy groups -OCH3 is 1. The number of amides is 2. The van der Waals surface area contributed by atoms with Crippen LogP contribution in [0.3, 0.4) is 0 Å². The van der Waals surface area contributed by atoms with Crippen molar-refractivity contribution in [2.45, 2.75) is 19.9 Å². The van der Waals surface area contributed by atoms with Crippen LogP contribution in [0.4, 0.5) is 11.4 Å². The molecule has 0 bridgehead atoms. The third-order valence-electron chi connectivity index (χ3n) is 4.65. The smallest absolute Gasteiger partial charge is 0.238 e. The van der Waals surface area contributed by atoms with Crippen molar-refractivity contribution in [2.75, 3.05) is 24.3 Å². The van der Waals surface area contributed by atoms with Gasteiger partial charge in [0, 0.05) is 18.7 Å². The van der Waals surface area contributed by atoms with E-state index < -0.39 is 0 Å². The van der Waals surface area contributed by atoms with Gasteiger partial charge in [0.25, 0.3) is 0 Å². The predicted octanol–water partition coefficient (Wildman–Crippen LogP) is 4.10. The van der Waals surface area contributed by atoms with Crippen LogP contribution in [0.2, 0.25) is 0 Å². The largest absolute Gasteiger partial charge is 0.495 e. The molecule has 0 radical (unpaired) electrons. The molecule has 0 saturated heterocycles. The minimum atomic E-state index is -0.199. The molecule has 0 unspecified atom stereocenters. The maximum absolute atomic E-state index is 12.5. The van der Waals surface area contributed by atoms with Gasteiger partial charge in [0.2, 0.25) is 11.8 Å². The standard InChI is InChI=1S/C23H25N3O3/c1-15(19-10-6-8-17-7-4-5-9-20(17)19)24-14-23(28)26-21-13-18(25-16(2)27)11-12-22(21)29-3/h4-13,15,24H,14H2,1-3H3,(H,25,27)(H,26,28)/t15-/m0/s1.